The van der Waals surface area contributed by atoms with Crippen LogP contribution in [0.25, 0.3) is 0 Å². The zero-order valence-corrected chi connectivity index (χ0v) is 19.6. The highest BCUT2D eigenvalue weighted by Gasteiger charge is 2.12. The van der Waals surface area contributed by atoms with Crippen LogP contribution in [0.4, 0.5) is 11.4 Å². The van der Waals surface area contributed by atoms with Gasteiger partial charge in [-0.1, -0.05) is 36.4 Å². The van der Waals surface area contributed by atoms with Crippen molar-refractivity contribution in [2.75, 3.05) is 17.2 Å². The van der Waals surface area contributed by atoms with Crippen molar-refractivity contribution < 1.29 is 14.4 Å². The minimum absolute atomic E-state index is 0.0275. The lowest BCUT2D eigenvalue weighted by molar-refractivity contribution is -0.114. The minimum Gasteiger partial charge on any atom is -0.376 e. The van der Waals surface area contributed by atoms with Crippen molar-refractivity contribution in [2.45, 2.75) is 32.9 Å². The maximum absolute atomic E-state index is 12.5. The van der Waals surface area contributed by atoms with Crippen LogP contribution in [0, 0.1) is 0 Å². The average Bonchev–Trinajstić information content (AvgIpc) is 2.83. The fraction of sp³-hybridized carbons (Fsp3) is 0.222. The van der Waals surface area contributed by atoms with Gasteiger partial charge in [-0.25, -0.2) is 0 Å². The number of carbonyl (C=O) groups excluding carboxylic acids is 3. The third-order valence-electron chi connectivity index (χ3n) is 5.08. The summed E-state index contributed by atoms with van der Waals surface area (Å²) in [6, 6.07) is 23.4. The van der Waals surface area contributed by atoms with Crippen molar-refractivity contribution in [1.82, 2.24) is 10.6 Å². The highest BCUT2D eigenvalue weighted by molar-refractivity contribution is 5.98. The zero-order chi connectivity index (χ0) is 24.5. The number of hydrogen-bond acceptors (Lipinski definition) is 4. The van der Waals surface area contributed by atoms with Gasteiger partial charge in [-0.05, 0) is 68.8 Å². The second-order valence-corrected chi connectivity index (χ2v) is 8.29. The molecule has 7 heteroatoms. The van der Waals surface area contributed by atoms with E-state index in [4.69, 9.17) is 0 Å². The second kappa shape index (κ2) is 11.7. The summed E-state index contributed by atoms with van der Waals surface area (Å²) in [5.74, 6) is -0.603. The Labute approximate surface area is 200 Å². The molecule has 0 aliphatic heterocycles. The molecule has 3 aromatic carbocycles. The van der Waals surface area contributed by atoms with Crippen molar-refractivity contribution in [1.29, 1.82) is 0 Å². The van der Waals surface area contributed by atoms with Crippen LogP contribution in [0.5, 0.6) is 0 Å². The van der Waals surface area contributed by atoms with Crippen molar-refractivity contribution in [3.63, 3.8) is 0 Å². The monoisotopic (exact) mass is 458 g/mol. The summed E-state index contributed by atoms with van der Waals surface area (Å²) < 4.78 is 0. The highest BCUT2D eigenvalue weighted by atomic mass is 16.2. The lowest BCUT2D eigenvalue weighted by Gasteiger charge is -2.14. The Morgan fingerprint density at radius 1 is 0.706 bits per heavy atom. The summed E-state index contributed by atoms with van der Waals surface area (Å²) in [5, 5.41) is 11.6. The van der Waals surface area contributed by atoms with Gasteiger partial charge in [0.05, 0.1) is 12.6 Å². The Hall–Kier alpha value is -4.13. The van der Waals surface area contributed by atoms with Gasteiger partial charge in [0.2, 0.25) is 5.91 Å². The summed E-state index contributed by atoms with van der Waals surface area (Å²) in [6.07, 6.45) is 0. The highest BCUT2D eigenvalue weighted by Crippen LogP contribution is 2.15. The first-order valence-corrected chi connectivity index (χ1v) is 11.2. The van der Waals surface area contributed by atoms with Gasteiger partial charge in [0, 0.05) is 28.5 Å². The first-order valence-electron chi connectivity index (χ1n) is 11.2. The molecule has 3 aromatic rings. The van der Waals surface area contributed by atoms with Gasteiger partial charge in [0.25, 0.3) is 11.8 Å². The molecule has 0 radical (unpaired) electrons. The van der Waals surface area contributed by atoms with E-state index in [0.29, 0.717) is 22.5 Å². The van der Waals surface area contributed by atoms with Gasteiger partial charge in [-0.15, -0.1) is 0 Å². The van der Waals surface area contributed by atoms with Crippen LogP contribution in [-0.4, -0.2) is 30.3 Å². The van der Waals surface area contributed by atoms with Crippen LogP contribution in [-0.2, 0) is 4.79 Å². The molecule has 0 spiro atoms. The molecule has 3 rings (SSSR count). The summed E-state index contributed by atoms with van der Waals surface area (Å²) in [6.45, 7) is 5.76. The van der Waals surface area contributed by atoms with Gasteiger partial charge in [-0.3, -0.25) is 14.4 Å². The van der Waals surface area contributed by atoms with E-state index in [-0.39, 0.29) is 36.3 Å². The largest absolute Gasteiger partial charge is 0.376 e. The molecule has 0 saturated heterocycles. The van der Waals surface area contributed by atoms with Crippen LogP contribution < -0.4 is 21.3 Å². The molecule has 7 nitrogen and oxygen atoms in total. The molecule has 3 amide bonds. The summed E-state index contributed by atoms with van der Waals surface area (Å²) in [4.78, 5) is 37.0. The molecule has 0 aromatic heterocycles. The molecule has 1 atom stereocenters. The van der Waals surface area contributed by atoms with E-state index in [1.54, 1.807) is 48.5 Å². The molecule has 0 aliphatic rings. The Balaban J connectivity index is 1.50. The van der Waals surface area contributed by atoms with E-state index in [2.05, 4.69) is 21.3 Å². The Morgan fingerprint density at radius 2 is 1.38 bits per heavy atom. The lowest BCUT2D eigenvalue weighted by Crippen LogP contribution is -2.30. The maximum atomic E-state index is 12.5. The number of benzene rings is 3. The van der Waals surface area contributed by atoms with Gasteiger partial charge < -0.3 is 21.3 Å². The number of carbonyl (C=O) groups is 3. The predicted molar refractivity (Wildman–Crippen MR) is 135 cm³/mol. The van der Waals surface area contributed by atoms with Gasteiger partial charge in [0.15, 0.2) is 0 Å². The predicted octanol–water partition coefficient (Wildman–Crippen LogP) is 4.37. The normalized spacial score (nSPS) is 11.4. The van der Waals surface area contributed by atoms with Crippen molar-refractivity contribution in [3.8, 4) is 0 Å². The van der Waals surface area contributed by atoms with E-state index in [9.17, 15) is 14.4 Å². The van der Waals surface area contributed by atoms with Gasteiger partial charge >= 0.3 is 0 Å². The number of rotatable bonds is 9. The Bertz CT molecular complexity index is 1130. The number of anilines is 2. The summed E-state index contributed by atoms with van der Waals surface area (Å²) in [5.41, 5.74) is 3.31. The van der Waals surface area contributed by atoms with E-state index in [1.165, 1.54) is 0 Å². The van der Waals surface area contributed by atoms with Crippen LogP contribution >= 0.6 is 0 Å². The van der Waals surface area contributed by atoms with Crippen molar-refractivity contribution >= 4 is 29.1 Å². The number of amides is 3. The molecule has 176 valence electrons. The molecule has 0 heterocycles. The Kier molecular flexibility index (Phi) is 8.40. The SMILES string of the molecule is CC(C)NC(=O)c1cccc(NC(=O)CNc2ccc(C(=O)NC(C)c3ccccc3)cc2)c1. The topological polar surface area (TPSA) is 99.3 Å². The lowest BCUT2D eigenvalue weighted by atomic mass is 10.1. The first-order chi connectivity index (χ1) is 16.3. The fourth-order valence-corrected chi connectivity index (χ4v) is 3.32. The van der Waals surface area contributed by atoms with Gasteiger partial charge in [0.1, 0.15) is 0 Å². The molecule has 34 heavy (non-hydrogen) atoms. The third-order valence-corrected chi connectivity index (χ3v) is 5.08. The third kappa shape index (κ3) is 7.20. The second-order valence-electron chi connectivity index (χ2n) is 8.29. The molecule has 4 N–H and O–H groups in total. The number of hydrogen-bond donors (Lipinski definition) is 4. The molecular formula is C27H30N4O3. The van der Waals surface area contributed by atoms with Crippen molar-refractivity contribution in [3.05, 3.63) is 95.6 Å². The molecule has 0 aliphatic carbocycles. The smallest absolute Gasteiger partial charge is 0.251 e. The van der Waals surface area contributed by atoms with Crippen LogP contribution in [0.15, 0.2) is 78.9 Å². The van der Waals surface area contributed by atoms with E-state index >= 15 is 0 Å². The summed E-state index contributed by atoms with van der Waals surface area (Å²) in [7, 11) is 0. The molecule has 0 saturated carbocycles. The standard InChI is InChI=1S/C27H30N4O3/c1-18(2)29-27(34)22-10-7-11-24(16-22)31-25(32)17-28-23-14-12-21(13-15-23)26(33)30-19(3)20-8-5-4-6-9-20/h4-16,18-19,28H,17H2,1-3H3,(H,29,34)(H,30,33)(H,31,32). The maximum Gasteiger partial charge on any atom is 0.251 e. The summed E-state index contributed by atoms with van der Waals surface area (Å²) >= 11 is 0. The van der Waals surface area contributed by atoms with E-state index in [0.717, 1.165) is 5.56 Å². The quantitative estimate of drug-likeness (QED) is 0.383. The van der Waals surface area contributed by atoms with E-state index < -0.39 is 0 Å². The number of nitrogens with one attached hydrogen (secondary N) is 4. The van der Waals surface area contributed by atoms with Crippen molar-refractivity contribution in [2.24, 2.45) is 0 Å². The molecule has 1 unspecified atom stereocenters. The average molecular weight is 459 g/mol. The first kappa shape index (κ1) is 24.5. The van der Waals surface area contributed by atoms with Crippen LogP contribution in [0.2, 0.25) is 0 Å². The Morgan fingerprint density at radius 3 is 2.06 bits per heavy atom. The molecular weight excluding hydrogens is 428 g/mol. The molecule has 0 bridgehead atoms. The molecule has 0 fully saturated rings. The zero-order valence-electron chi connectivity index (χ0n) is 19.6. The van der Waals surface area contributed by atoms with Crippen LogP contribution in [0.1, 0.15) is 53.1 Å². The minimum atomic E-state index is -0.250. The fourth-order valence-electron chi connectivity index (χ4n) is 3.32. The van der Waals surface area contributed by atoms with E-state index in [1.807, 2.05) is 51.1 Å². The van der Waals surface area contributed by atoms with Gasteiger partial charge in [-0.2, -0.15) is 0 Å². The van der Waals surface area contributed by atoms with Crippen LogP contribution in [0.3, 0.4) is 0 Å².